The van der Waals surface area contributed by atoms with Crippen LogP contribution in [0.2, 0.25) is 0 Å². The number of benzene rings is 2. The van der Waals surface area contributed by atoms with Gasteiger partial charge in [0, 0.05) is 6.42 Å². The molecule has 0 radical (unpaired) electrons. The minimum Gasteiger partial charge on any atom is -0.444 e. The lowest BCUT2D eigenvalue weighted by Gasteiger charge is -2.22. The first-order valence-corrected chi connectivity index (χ1v) is 10.2. The molecule has 2 amide bonds. The van der Waals surface area contributed by atoms with Crippen molar-refractivity contribution in [3.05, 3.63) is 60.2 Å². The Morgan fingerprint density at radius 2 is 1.54 bits per heavy atom. The standard InChI is InChI=1S/C20H24N2O5S/c1-20(2,3)27-19(24)22-17(18(21)23)13-14-9-11-16(12-10-14)28(25,26)15-7-5-4-6-8-15/h4-12,17H,13H2,1-3H3,(H2,21,23)(H,22,24)/t17-/m0/s1. The van der Waals surface area contributed by atoms with Gasteiger partial charge in [0.2, 0.25) is 15.7 Å². The average Bonchev–Trinajstić information content (AvgIpc) is 2.60. The molecule has 0 aliphatic heterocycles. The van der Waals surface area contributed by atoms with E-state index in [0.717, 1.165) is 0 Å². The van der Waals surface area contributed by atoms with Crippen LogP contribution in [0.25, 0.3) is 0 Å². The van der Waals surface area contributed by atoms with Gasteiger partial charge in [0.15, 0.2) is 0 Å². The van der Waals surface area contributed by atoms with E-state index in [2.05, 4.69) is 5.32 Å². The lowest BCUT2D eigenvalue weighted by atomic mass is 10.1. The molecule has 150 valence electrons. The van der Waals surface area contributed by atoms with Crippen molar-refractivity contribution in [2.75, 3.05) is 0 Å². The molecule has 3 N–H and O–H groups in total. The molecular weight excluding hydrogens is 380 g/mol. The molecular formula is C20H24N2O5S. The van der Waals surface area contributed by atoms with Crippen molar-refractivity contribution in [2.24, 2.45) is 5.73 Å². The Balaban J connectivity index is 2.13. The zero-order valence-electron chi connectivity index (χ0n) is 16.0. The summed E-state index contributed by atoms with van der Waals surface area (Å²) in [5.41, 5.74) is 5.30. The molecule has 0 unspecified atom stereocenters. The number of rotatable bonds is 6. The summed E-state index contributed by atoms with van der Waals surface area (Å²) in [5, 5.41) is 2.44. The highest BCUT2D eigenvalue weighted by Crippen LogP contribution is 2.21. The van der Waals surface area contributed by atoms with Gasteiger partial charge < -0.3 is 15.8 Å². The fraction of sp³-hybridized carbons (Fsp3) is 0.300. The molecule has 7 nitrogen and oxygen atoms in total. The number of hydrogen-bond donors (Lipinski definition) is 2. The van der Waals surface area contributed by atoms with Crippen molar-refractivity contribution in [1.29, 1.82) is 0 Å². The average molecular weight is 404 g/mol. The van der Waals surface area contributed by atoms with Gasteiger partial charge in [-0.2, -0.15) is 0 Å². The molecule has 8 heteroatoms. The second-order valence-corrected chi connectivity index (χ2v) is 9.22. The number of alkyl carbamates (subject to hydrolysis) is 1. The van der Waals surface area contributed by atoms with Crippen LogP contribution in [0.3, 0.4) is 0 Å². The molecule has 0 aliphatic rings. The van der Waals surface area contributed by atoms with Crippen LogP contribution in [0.1, 0.15) is 26.3 Å². The molecule has 0 aliphatic carbocycles. The summed E-state index contributed by atoms with van der Waals surface area (Å²) in [6, 6.07) is 13.2. The van der Waals surface area contributed by atoms with Crippen LogP contribution < -0.4 is 11.1 Å². The second kappa shape index (κ2) is 8.43. The molecule has 0 saturated heterocycles. The molecule has 0 spiro atoms. The molecule has 1 atom stereocenters. The zero-order valence-corrected chi connectivity index (χ0v) is 16.8. The highest BCUT2D eigenvalue weighted by molar-refractivity contribution is 7.91. The van der Waals surface area contributed by atoms with E-state index < -0.39 is 33.5 Å². The van der Waals surface area contributed by atoms with Crippen LogP contribution in [-0.4, -0.2) is 32.1 Å². The Hall–Kier alpha value is -2.87. The summed E-state index contributed by atoms with van der Waals surface area (Å²) in [5.74, 6) is -0.716. The van der Waals surface area contributed by atoms with Crippen molar-refractivity contribution in [3.63, 3.8) is 0 Å². The maximum absolute atomic E-state index is 12.6. The first-order valence-electron chi connectivity index (χ1n) is 8.67. The summed E-state index contributed by atoms with van der Waals surface area (Å²) in [7, 11) is -3.62. The third-order valence-corrected chi connectivity index (χ3v) is 5.55. The Morgan fingerprint density at radius 3 is 2.04 bits per heavy atom. The predicted octanol–water partition coefficient (Wildman–Crippen LogP) is 2.44. The molecule has 28 heavy (non-hydrogen) atoms. The van der Waals surface area contributed by atoms with Crippen LogP contribution in [0.5, 0.6) is 0 Å². The summed E-state index contributed by atoms with van der Waals surface area (Å²) in [4.78, 5) is 23.9. The van der Waals surface area contributed by atoms with E-state index >= 15 is 0 Å². The monoisotopic (exact) mass is 404 g/mol. The third-order valence-electron chi connectivity index (χ3n) is 3.76. The summed E-state index contributed by atoms with van der Waals surface area (Å²) in [6.07, 6.45) is -0.639. The van der Waals surface area contributed by atoms with Crippen LogP contribution in [0.15, 0.2) is 64.4 Å². The second-order valence-electron chi connectivity index (χ2n) is 7.27. The molecule has 0 bridgehead atoms. The molecule has 2 aromatic carbocycles. The first kappa shape index (κ1) is 21.4. The third kappa shape index (κ3) is 5.82. The number of primary amides is 1. The largest absolute Gasteiger partial charge is 0.444 e. The minimum absolute atomic E-state index is 0.111. The molecule has 0 heterocycles. The number of ether oxygens (including phenoxy) is 1. The first-order chi connectivity index (χ1) is 13.0. The summed E-state index contributed by atoms with van der Waals surface area (Å²) >= 11 is 0. The maximum atomic E-state index is 12.6. The molecule has 0 saturated carbocycles. The van der Waals surface area contributed by atoms with Crippen molar-refractivity contribution >= 4 is 21.8 Å². The summed E-state index contributed by atoms with van der Waals surface area (Å²) < 4.78 is 30.3. The van der Waals surface area contributed by atoms with Crippen LogP contribution >= 0.6 is 0 Å². The number of nitrogens with one attached hydrogen (secondary N) is 1. The van der Waals surface area contributed by atoms with Gasteiger partial charge in [-0.15, -0.1) is 0 Å². The van der Waals surface area contributed by atoms with E-state index in [0.29, 0.717) is 5.56 Å². The Kier molecular flexibility index (Phi) is 6.45. The highest BCUT2D eigenvalue weighted by Gasteiger charge is 2.23. The smallest absolute Gasteiger partial charge is 0.408 e. The van der Waals surface area contributed by atoms with Gasteiger partial charge in [-0.3, -0.25) is 4.79 Å². The van der Waals surface area contributed by atoms with Crippen LogP contribution in [-0.2, 0) is 25.8 Å². The highest BCUT2D eigenvalue weighted by atomic mass is 32.2. The predicted molar refractivity (Wildman–Crippen MR) is 104 cm³/mol. The van der Waals surface area contributed by atoms with E-state index in [1.165, 1.54) is 24.3 Å². The molecule has 0 aromatic heterocycles. The quantitative estimate of drug-likeness (QED) is 0.767. The van der Waals surface area contributed by atoms with Gasteiger partial charge in [-0.05, 0) is 50.6 Å². The van der Waals surface area contributed by atoms with Crippen molar-refractivity contribution < 1.29 is 22.7 Å². The van der Waals surface area contributed by atoms with E-state index in [4.69, 9.17) is 10.5 Å². The Bertz CT molecular complexity index is 933. The normalized spacial score (nSPS) is 12.8. The maximum Gasteiger partial charge on any atom is 0.408 e. The number of carbonyl (C=O) groups is 2. The fourth-order valence-electron chi connectivity index (χ4n) is 2.45. The minimum atomic E-state index is -3.62. The van der Waals surface area contributed by atoms with Crippen LogP contribution in [0, 0.1) is 0 Å². The van der Waals surface area contributed by atoms with Gasteiger partial charge in [0.25, 0.3) is 0 Å². The lowest BCUT2D eigenvalue weighted by Crippen LogP contribution is -2.47. The number of amides is 2. The van der Waals surface area contributed by atoms with Gasteiger partial charge >= 0.3 is 6.09 Å². The Labute approximate surface area is 164 Å². The van der Waals surface area contributed by atoms with E-state index in [-0.39, 0.29) is 16.2 Å². The van der Waals surface area contributed by atoms with Crippen molar-refractivity contribution in [2.45, 2.75) is 48.6 Å². The van der Waals surface area contributed by atoms with E-state index in [9.17, 15) is 18.0 Å². The summed E-state index contributed by atoms with van der Waals surface area (Å²) in [6.45, 7) is 5.12. The SMILES string of the molecule is CC(C)(C)OC(=O)N[C@@H](Cc1ccc(S(=O)(=O)c2ccccc2)cc1)C(N)=O. The van der Waals surface area contributed by atoms with Gasteiger partial charge in [0.1, 0.15) is 11.6 Å². The Morgan fingerprint density at radius 1 is 1.00 bits per heavy atom. The van der Waals surface area contributed by atoms with E-state index in [1.54, 1.807) is 51.1 Å². The topological polar surface area (TPSA) is 116 Å². The van der Waals surface area contributed by atoms with E-state index in [1.807, 2.05) is 0 Å². The number of nitrogens with two attached hydrogens (primary N) is 1. The van der Waals surface area contributed by atoms with Gasteiger partial charge in [0.05, 0.1) is 9.79 Å². The zero-order chi connectivity index (χ0) is 20.9. The number of sulfone groups is 1. The fourth-order valence-corrected chi connectivity index (χ4v) is 3.73. The van der Waals surface area contributed by atoms with Crippen molar-refractivity contribution in [1.82, 2.24) is 5.32 Å². The van der Waals surface area contributed by atoms with Crippen molar-refractivity contribution in [3.8, 4) is 0 Å². The van der Waals surface area contributed by atoms with Gasteiger partial charge in [-0.25, -0.2) is 13.2 Å². The molecule has 2 rings (SSSR count). The number of carbonyl (C=O) groups excluding carboxylic acids is 2. The lowest BCUT2D eigenvalue weighted by molar-refractivity contribution is -0.120. The van der Waals surface area contributed by atoms with Gasteiger partial charge in [-0.1, -0.05) is 30.3 Å². The number of hydrogen-bond acceptors (Lipinski definition) is 5. The molecule has 0 fully saturated rings. The molecule has 2 aromatic rings. The van der Waals surface area contributed by atoms with Crippen LogP contribution in [0.4, 0.5) is 4.79 Å².